The molecule has 0 radical (unpaired) electrons. The fourth-order valence-electron chi connectivity index (χ4n) is 2.39. The van der Waals surface area contributed by atoms with E-state index in [1.165, 1.54) is 0 Å². The summed E-state index contributed by atoms with van der Waals surface area (Å²) in [7, 11) is 0. The number of nitrogens with zero attached hydrogens (tertiary/aromatic N) is 2. The topological polar surface area (TPSA) is 25.8 Å². The quantitative estimate of drug-likeness (QED) is 0.694. The Morgan fingerprint density at radius 3 is 2.05 bits per heavy atom. The summed E-state index contributed by atoms with van der Waals surface area (Å²) < 4.78 is 0. The Labute approximate surface area is 119 Å². The third-order valence-corrected chi connectivity index (χ3v) is 3.29. The van der Waals surface area contributed by atoms with Crippen molar-refractivity contribution in [1.82, 2.24) is 9.97 Å². The lowest BCUT2D eigenvalue weighted by Crippen LogP contribution is -2.03. The van der Waals surface area contributed by atoms with Crippen LogP contribution in [0.15, 0.2) is 54.6 Å². The number of para-hydroxylation sites is 2. The molecule has 3 rings (SSSR count). The predicted molar refractivity (Wildman–Crippen MR) is 83.5 cm³/mol. The number of hydrogen-bond donors (Lipinski definition) is 0. The molecule has 1 aromatic heterocycles. The van der Waals surface area contributed by atoms with E-state index in [2.05, 4.69) is 26.0 Å². The van der Waals surface area contributed by atoms with Gasteiger partial charge in [0.1, 0.15) is 0 Å². The van der Waals surface area contributed by atoms with Crippen LogP contribution in [0.25, 0.3) is 22.3 Å². The zero-order valence-corrected chi connectivity index (χ0v) is 11.9. The Balaban J connectivity index is 2.21. The van der Waals surface area contributed by atoms with E-state index in [0.29, 0.717) is 5.92 Å². The molecule has 0 aliphatic rings. The van der Waals surface area contributed by atoms with Crippen molar-refractivity contribution in [3.8, 4) is 11.3 Å². The Hall–Kier alpha value is -2.22. The van der Waals surface area contributed by atoms with Crippen molar-refractivity contribution in [2.75, 3.05) is 0 Å². The summed E-state index contributed by atoms with van der Waals surface area (Å²) in [5.41, 5.74) is 5.17. The van der Waals surface area contributed by atoms with Gasteiger partial charge in [-0.25, -0.2) is 9.97 Å². The predicted octanol–water partition coefficient (Wildman–Crippen LogP) is 4.50. The molecular weight excluding hydrogens is 244 g/mol. The van der Waals surface area contributed by atoms with E-state index < -0.39 is 0 Å². The number of benzene rings is 2. The SMILES string of the molecule is CC(C)Cc1nc2ccccc2nc1-c1ccccc1. The van der Waals surface area contributed by atoms with E-state index in [1.54, 1.807) is 0 Å². The van der Waals surface area contributed by atoms with Gasteiger partial charge >= 0.3 is 0 Å². The summed E-state index contributed by atoms with van der Waals surface area (Å²) >= 11 is 0. The van der Waals surface area contributed by atoms with E-state index in [0.717, 1.165) is 34.4 Å². The van der Waals surface area contributed by atoms with Gasteiger partial charge in [-0.05, 0) is 24.5 Å². The highest BCUT2D eigenvalue weighted by molar-refractivity contribution is 5.78. The van der Waals surface area contributed by atoms with Gasteiger partial charge in [0.2, 0.25) is 0 Å². The molecule has 2 aromatic carbocycles. The zero-order chi connectivity index (χ0) is 13.9. The van der Waals surface area contributed by atoms with Crippen LogP contribution in [-0.2, 0) is 6.42 Å². The first kappa shape index (κ1) is 12.8. The Morgan fingerprint density at radius 1 is 0.800 bits per heavy atom. The summed E-state index contributed by atoms with van der Waals surface area (Å²) in [4.78, 5) is 9.67. The number of hydrogen-bond acceptors (Lipinski definition) is 2. The summed E-state index contributed by atoms with van der Waals surface area (Å²) in [5, 5.41) is 0. The molecule has 2 nitrogen and oxygen atoms in total. The number of aromatic nitrogens is 2. The van der Waals surface area contributed by atoms with Crippen molar-refractivity contribution in [2.24, 2.45) is 5.92 Å². The maximum absolute atomic E-state index is 4.84. The molecule has 0 unspecified atom stereocenters. The monoisotopic (exact) mass is 262 g/mol. The van der Waals surface area contributed by atoms with Crippen molar-refractivity contribution in [1.29, 1.82) is 0 Å². The summed E-state index contributed by atoms with van der Waals surface area (Å²) in [6.07, 6.45) is 0.946. The van der Waals surface area contributed by atoms with Crippen LogP contribution < -0.4 is 0 Å². The smallest absolute Gasteiger partial charge is 0.0925 e. The molecule has 1 heterocycles. The molecule has 0 amide bonds. The first-order valence-electron chi connectivity index (χ1n) is 7.05. The van der Waals surface area contributed by atoms with E-state index >= 15 is 0 Å². The molecule has 0 aliphatic carbocycles. The Kier molecular flexibility index (Phi) is 3.46. The lowest BCUT2D eigenvalue weighted by Gasteiger charge is -2.11. The second kappa shape index (κ2) is 5.41. The van der Waals surface area contributed by atoms with Crippen LogP contribution in [-0.4, -0.2) is 9.97 Å². The number of rotatable bonds is 3. The second-order valence-corrected chi connectivity index (χ2v) is 5.47. The summed E-state index contributed by atoms with van der Waals surface area (Å²) in [6.45, 7) is 4.43. The van der Waals surface area contributed by atoms with Crippen molar-refractivity contribution in [3.63, 3.8) is 0 Å². The molecule has 20 heavy (non-hydrogen) atoms. The molecule has 0 fully saturated rings. The maximum atomic E-state index is 4.84. The normalized spacial score (nSPS) is 11.2. The molecule has 100 valence electrons. The highest BCUT2D eigenvalue weighted by Gasteiger charge is 2.11. The van der Waals surface area contributed by atoms with Crippen LogP contribution in [0.1, 0.15) is 19.5 Å². The van der Waals surface area contributed by atoms with Crippen molar-refractivity contribution in [3.05, 3.63) is 60.3 Å². The van der Waals surface area contributed by atoms with Gasteiger partial charge in [0, 0.05) is 5.56 Å². The molecule has 0 atom stereocenters. The molecule has 0 spiro atoms. The molecule has 0 aliphatic heterocycles. The van der Waals surface area contributed by atoms with E-state index in [4.69, 9.17) is 9.97 Å². The molecule has 0 bridgehead atoms. The van der Waals surface area contributed by atoms with Gasteiger partial charge in [-0.15, -0.1) is 0 Å². The van der Waals surface area contributed by atoms with E-state index in [-0.39, 0.29) is 0 Å². The standard InChI is InChI=1S/C18H18N2/c1-13(2)12-17-18(14-8-4-3-5-9-14)20-16-11-7-6-10-15(16)19-17/h3-11,13H,12H2,1-2H3. The molecule has 0 saturated heterocycles. The summed E-state index contributed by atoms with van der Waals surface area (Å²) in [6, 6.07) is 18.4. The fourth-order valence-corrected chi connectivity index (χ4v) is 2.39. The van der Waals surface area contributed by atoms with Gasteiger partial charge in [-0.1, -0.05) is 56.3 Å². The van der Waals surface area contributed by atoms with Crippen LogP contribution in [0, 0.1) is 5.92 Å². The fraction of sp³-hybridized carbons (Fsp3) is 0.222. The second-order valence-electron chi connectivity index (χ2n) is 5.47. The average molecular weight is 262 g/mol. The first-order chi connectivity index (χ1) is 9.74. The lowest BCUT2D eigenvalue weighted by atomic mass is 10.0. The maximum Gasteiger partial charge on any atom is 0.0925 e. The lowest BCUT2D eigenvalue weighted by molar-refractivity contribution is 0.636. The van der Waals surface area contributed by atoms with Gasteiger partial charge in [0.15, 0.2) is 0 Å². The molecule has 0 saturated carbocycles. The number of fused-ring (bicyclic) bond motifs is 1. The highest BCUT2D eigenvalue weighted by atomic mass is 14.8. The third kappa shape index (κ3) is 2.55. The minimum atomic E-state index is 0.563. The van der Waals surface area contributed by atoms with Crippen LogP contribution in [0.5, 0.6) is 0 Å². The van der Waals surface area contributed by atoms with E-state index in [9.17, 15) is 0 Å². The van der Waals surface area contributed by atoms with Crippen LogP contribution in [0.3, 0.4) is 0 Å². The average Bonchev–Trinajstić information content (AvgIpc) is 2.47. The molecular formula is C18H18N2. The third-order valence-electron chi connectivity index (χ3n) is 3.29. The molecule has 3 aromatic rings. The Bertz CT molecular complexity index is 718. The van der Waals surface area contributed by atoms with Gasteiger partial charge < -0.3 is 0 Å². The minimum Gasteiger partial charge on any atom is -0.249 e. The van der Waals surface area contributed by atoms with Crippen LogP contribution in [0.4, 0.5) is 0 Å². The Morgan fingerprint density at radius 2 is 1.40 bits per heavy atom. The van der Waals surface area contributed by atoms with Crippen LogP contribution in [0.2, 0.25) is 0 Å². The summed E-state index contributed by atoms with van der Waals surface area (Å²) in [5.74, 6) is 0.563. The van der Waals surface area contributed by atoms with Gasteiger partial charge in [-0.3, -0.25) is 0 Å². The van der Waals surface area contributed by atoms with Gasteiger partial charge in [0.05, 0.1) is 22.4 Å². The highest BCUT2D eigenvalue weighted by Crippen LogP contribution is 2.24. The zero-order valence-electron chi connectivity index (χ0n) is 11.9. The molecule has 0 N–H and O–H groups in total. The minimum absolute atomic E-state index is 0.563. The van der Waals surface area contributed by atoms with E-state index in [1.807, 2.05) is 42.5 Å². The van der Waals surface area contributed by atoms with Crippen molar-refractivity contribution in [2.45, 2.75) is 20.3 Å². The first-order valence-corrected chi connectivity index (χ1v) is 7.05. The van der Waals surface area contributed by atoms with Crippen molar-refractivity contribution < 1.29 is 0 Å². The largest absolute Gasteiger partial charge is 0.249 e. The van der Waals surface area contributed by atoms with Crippen LogP contribution >= 0.6 is 0 Å². The molecule has 2 heteroatoms. The van der Waals surface area contributed by atoms with Crippen molar-refractivity contribution >= 4 is 11.0 Å². The van der Waals surface area contributed by atoms with Gasteiger partial charge in [-0.2, -0.15) is 0 Å². The van der Waals surface area contributed by atoms with Gasteiger partial charge in [0.25, 0.3) is 0 Å².